The number of halogens is 1. The summed E-state index contributed by atoms with van der Waals surface area (Å²) in [6, 6.07) is 8.84. The van der Waals surface area contributed by atoms with Crippen LogP contribution in [0.3, 0.4) is 0 Å². The van der Waals surface area contributed by atoms with E-state index in [9.17, 15) is 0 Å². The van der Waals surface area contributed by atoms with Gasteiger partial charge in [0, 0.05) is 17.3 Å². The van der Waals surface area contributed by atoms with Crippen LogP contribution in [-0.4, -0.2) is 14.5 Å². The number of aromatic nitrogens is 3. The summed E-state index contributed by atoms with van der Waals surface area (Å²) in [6.45, 7) is 2.10. The molecule has 1 aliphatic rings. The average Bonchev–Trinajstić information content (AvgIpc) is 3.13. The average molecular weight is 327 g/mol. The highest BCUT2D eigenvalue weighted by molar-refractivity contribution is 6.30. The fraction of sp³-hybridized carbons (Fsp3) is 0.333. The molecule has 4 nitrogen and oxygen atoms in total. The van der Waals surface area contributed by atoms with Crippen LogP contribution >= 0.6 is 11.6 Å². The monoisotopic (exact) mass is 326 g/mol. The van der Waals surface area contributed by atoms with Gasteiger partial charge in [-0.05, 0) is 61.4 Å². The Morgan fingerprint density at radius 3 is 2.91 bits per heavy atom. The molecule has 0 bridgehead atoms. The van der Waals surface area contributed by atoms with E-state index in [0.717, 1.165) is 28.9 Å². The molecule has 2 N–H and O–H groups in total. The summed E-state index contributed by atoms with van der Waals surface area (Å²) in [5, 5.41) is 1.77. The lowest BCUT2D eigenvalue weighted by Gasteiger charge is -2.15. The molecule has 0 amide bonds. The quantitative estimate of drug-likeness (QED) is 0.755. The van der Waals surface area contributed by atoms with Crippen molar-refractivity contribution in [2.24, 2.45) is 0 Å². The minimum atomic E-state index is 0.450. The third-order valence-corrected chi connectivity index (χ3v) is 5.09. The number of rotatable bonds is 2. The zero-order valence-electron chi connectivity index (χ0n) is 13.0. The fourth-order valence-electron chi connectivity index (χ4n) is 3.80. The number of benzene rings is 1. The largest absolute Gasteiger partial charge is 0.383 e. The van der Waals surface area contributed by atoms with Gasteiger partial charge in [-0.3, -0.25) is 0 Å². The van der Waals surface area contributed by atoms with Crippen molar-refractivity contribution in [1.29, 1.82) is 0 Å². The Hall–Kier alpha value is -2.07. The van der Waals surface area contributed by atoms with Gasteiger partial charge in [-0.15, -0.1) is 0 Å². The van der Waals surface area contributed by atoms with Crippen molar-refractivity contribution in [3.05, 3.63) is 52.9 Å². The van der Waals surface area contributed by atoms with E-state index >= 15 is 0 Å². The molecular weight excluding hydrogens is 308 g/mol. The third kappa shape index (κ3) is 2.57. The summed E-state index contributed by atoms with van der Waals surface area (Å²) in [7, 11) is 0. The Balaban J connectivity index is 1.63. The van der Waals surface area contributed by atoms with Gasteiger partial charge in [-0.1, -0.05) is 17.7 Å². The molecular formula is C18H19ClN4. The lowest BCUT2D eigenvalue weighted by atomic mass is 9.96. The second-order valence-corrected chi connectivity index (χ2v) is 6.88. The molecule has 1 saturated carbocycles. The van der Waals surface area contributed by atoms with Crippen molar-refractivity contribution in [2.45, 2.75) is 38.1 Å². The molecule has 3 aromatic rings. The maximum Gasteiger partial charge on any atom is 0.145 e. The number of hydrogen-bond acceptors (Lipinski definition) is 3. The molecule has 0 aliphatic heterocycles. The zero-order chi connectivity index (χ0) is 16.0. The number of hydrogen-bond donors (Lipinski definition) is 1. The van der Waals surface area contributed by atoms with Gasteiger partial charge >= 0.3 is 0 Å². The number of anilines is 1. The Morgan fingerprint density at radius 1 is 1.22 bits per heavy atom. The predicted molar refractivity (Wildman–Crippen MR) is 93.8 cm³/mol. The molecule has 0 radical (unpaired) electrons. The van der Waals surface area contributed by atoms with Gasteiger partial charge in [0.15, 0.2) is 0 Å². The van der Waals surface area contributed by atoms with E-state index < -0.39 is 0 Å². The molecule has 5 heteroatoms. The lowest BCUT2D eigenvalue weighted by Crippen LogP contribution is -2.05. The molecule has 0 spiro atoms. The second-order valence-electron chi connectivity index (χ2n) is 6.44. The van der Waals surface area contributed by atoms with Crippen molar-refractivity contribution in [3.63, 3.8) is 0 Å². The maximum absolute atomic E-state index is 6.22. The van der Waals surface area contributed by atoms with Gasteiger partial charge in [0.05, 0.1) is 5.39 Å². The topological polar surface area (TPSA) is 56.7 Å². The number of aryl methyl sites for hydroxylation is 1. The summed E-state index contributed by atoms with van der Waals surface area (Å²) in [6.07, 6.45) is 7.05. The van der Waals surface area contributed by atoms with Crippen LogP contribution in [0.25, 0.3) is 11.0 Å². The first kappa shape index (κ1) is 14.5. The molecule has 1 aliphatic carbocycles. The van der Waals surface area contributed by atoms with Crippen molar-refractivity contribution >= 4 is 28.5 Å². The van der Waals surface area contributed by atoms with Crippen LogP contribution in [0.2, 0.25) is 5.02 Å². The van der Waals surface area contributed by atoms with Crippen LogP contribution < -0.4 is 5.73 Å². The van der Waals surface area contributed by atoms with Gasteiger partial charge in [0.25, 0.3) is 0 Å². The van der Waals surface area contributed by atoms with E-state index in [1.54, 1.807) is 6.33 Å². The number of nitrogens with zero attached hydrogens (tertiary/aromatic N) is 3. The van der Waals surface area contributed by atoms with E-state index in [1.165, 1.54) is 17.5 Å². The van der Waals surface area contributed by atoms with Crippen molar-refractivity contribution in [2.75, 3.05) is 5.73 Å². The molecule has 2 unspecified atom stereocenters. The normalized spacial score (nSPS) is 21.1. The SMILES string of the molecule is Cc1cc(Cl)cc(C2CCC(n3ccc4c(N)ncnc43)C2)c1. The fourth-order valence-corrected chi connectivity index (χ4v) is 4.10. The zero-order valence-corrected chi connectivity index (χ0v) is 13.8. The molecule has 2 heterocycles. The first-order chi connectivity index (χ1) is 11.1. The summed E-state index contributed by atoms with van der Waals surface area (Å²) in [5.74, 6) is 1.10. The van der Waals surface area contributed by atoms with Crippen LogP contribution in [0.15, 0.2) is 36.8 Å². The second kappa shape index (κ2) is 5.53. The van der Waals surface area contributed by atoms with Gasteiger partial charge in [0.2, 0.25) is 0 Å². The summed E-state index contributed by atoms with van der Waals surface area (Å²) in [4.78, 5) is 8.49. The molecule has 118 valence electrons. The number of fused-ring (bicyclic) bond motifs is 1. The van der Waals surface area contributed by atoms with Crippen LogP contribution in [0, 0.1) is 6.92 Å². The Kier molecular flexibility index (Phi) is 3.49. The van der Waals surface area contributed by atoms with Crippen molar-refractivity contribution in [3.8, 4) is 0 Å². The van der Waals surface area contributed by atoms with E-state index in [4.69, 9.17) is 17.3 Å². The molecule has 23 heavy (non-hydrogen) atoms. The van der Waals surface area contributed by atoms with E-state index in [2.05, 4.69) is 39.8 Å². The first-order valence-corrected chi connectivity index (χ1v) is 8.33. The number of nitrogen functional groups attached to an aromatic ring is 1. The van der Waals surface area contributed by atoms with Gasteiger partial charge in [-0.2, -0.15) is 0 Å². The van der Waals surface area contributed by atoms with Crippen LogP contribution in [0.5, 0.6) is 0 Å². The van der Waals surface area contributed by atoms with Crippen molar-refractivity contribution < 1.29 is 0 Å². The minimum absolute atomic E-state index is 0.450. The Labute approximate surface area is 140 Å². The van der Waals surface area contributed by atoms with E-state index in [1.807, 2.05) is 12.1 Å². The highest BCUT2D eigenvalue weighted by Gasteiger charge is 2.28. The van der Waals surface area contributed by atoms with Crippen molar-refractivity contribution in [1.82, 2.24) is 14.5 Å². The maximum atomic E-state index is 6.22. The molecule has 1 aromatic carbocycles. The predicted octanol–water partition coefficient (Wildman–Crippen LogP) is 4.48. The van der Waals surface area contributed by atoms with Crippen LogP contribution in [0.1, 0.15) is 42.3 Å². The van der Waals surface area contributed by atoms with Gasteiger partial charge in [-0.25, -0.2) is 9.97 Å². The molecule has 2 aromatic heterocycles. The standard InChI is InChI=1S/C18H19ClN4/c1-11-6-13(8-14(19)7-11)12-2-3-15(9-12)23-5-4-16-17(20)21-10-22-18(16)23/h4-8,10,12,15H,2-3,9H2,1H3,(H2,20,21,22). The molecule has 1 fully saturated rings. The molecule has 0 saturated heterocycles. The first-order valence-electron chi connectivity index (χ1n) is 7.96. The van der Waals surface area contributed by atoms with Gasteiger partial charge in [0.1, 0.15) is 17.8 Å². The highest BCUT2D eigenvalue weighted by Crippen LogP contribution is 2.42. The molecule has 4 rings (SSSR count). The Morgan fingerprint density at radius 2 is 2.09 bits per heavy atom. The van der Waals surface area contributed by atoms with E-state index in [-0.39, 0.29) is 0 Å². The Bertz CT molecular complexity index is 850. The lowest BCUT2D eigenvalue weighted by molar-refractivity contribution is 0.523. The summed E-state index contributed by atoms with van der Waals surface area (Å²) < 4.78 is 2.25. The molecule has 2 atom stereocenters. The summed E-state index contributed by atoms with van der Waals surface area (Å²) >= 11 is 6.22. The third-order valence-electron chi connectivity index (χ3n) is 4.87. The van der Waals surface area contributed by atoms with Gasteiger partial charge < -0.3 is 10.3 Å². The summed E-state index contributed by atoms with van der Waals surface area (Å²) in [5.41, 5.74) is 9.45. The smallest absolute Gasteiger partial charge is 0.145 e. The number of nitrogens with two attached hydrogens (primary N) is 1. The van der Waals surface area contributed by atoms with Crippen LogP contribution in [0.4, 0.5) is 5.82 Å². The van der Waals surface area contributed by atoms with E-state index in [0.29, 0.717) is 17.8 Å². The van der Waals surface area contributed by atoms with Crippen LogP contribution in [-0.2, 0) is 0 Å². The highest BCUT2D eigenvalue weighted by atomic mass is 35.5. The minimum Gasteiger partial charge on any atom is -0.383 e.